The number of aliphatic carboxylic acids is 1. The summed E-state index contributed by atoms with van der Waals surface area (Å²) in [5.74, 6) is 2.63. The topological polar surface area (TPSA) is 49.8 Å². The smallest absolute Gasteiger partial charge is 0.304 e. The summed E-state index contributed by atoms with van der Waals surface area (Å²) < 4.78 is 5.92. The molecule has 1 fully saturated rings. The molecular formula is C31H33NO3. The molecule has 180 valence electrons. The molecular weight excluding hydrogens is 434 g/mol. The molecule has 4 nitrogen and oxygen atoms in total. The highest BCUT2D eigenvalue weighted by atomic mass is 16.5. The Morgan fingerprint density at radius 1 is 1.06 bits per heavy atom. The Balaban J connectivity index is 1.23. The first-order valence-electron chi connectivity index (χ1n) is 12.3. The van der Waals surface area contributed by atoms with Crippen molar-refractivity contribution in [1.82, 2.24) is 4.90 Å². The number of hydrogen-bond acceptors (Lipinski definition) is 3. The van der Waals surface area contributed by atoms with Crippen LogP contribution in [0, 0.1) is 18.3 Å². The molecule has 0 aromatic heterocycles. The lowest BCUT2D eigenvalue weighted by Gasteiger charge is -2.32. The first-order valence-corrected chi connectivity index (χ1v) is 12.3. The van der Waals surface area contributed by atoms with Crippen molar-refractivity contribution in [2.45, 2.75) is 44.8 Å². The molecule has 0 radical (unpaired) electrons. The predicted octanol–water partition coefficient (Wildman–Crippen LogP) is 6.11. The van der Waals surface area contributed by atoms with Crippen LogP contribution in [0.1, 0.15) is 48.3 Å². The number of benzene rings is 2. The number of hydrogen-bond donors (Lipinski definition) is 1. The normalized spacial score (nSPS) is 17.3. The van der Waals surface area contributed by atoms with Crippen molar-refractivity contribution in [3.8, 4) is 18.1 Å². The van der Waals surface area contributed by atoms with Crippen molar-refractivity contribution in [3.63, 3.8) is 0 Å². The van der Waals surface area contributed by atoms with Crippen molar-refractivity contribution in [2.75, 3.05) is 13.1 Å². The average molecular weight is 468 g/mol. The summed E-state index contributed by atoms with van der Waals surface area (Å²) in [5.41, 5.74) is 4.74. The molecule has 2 aromatic rings. The van der Waals surface area contributed by atoms with E-state index < -0.39 is 11.9 Å². The van der Waals surface area contributed by atoms with Crippen LogP contribution in [0.4, 0.5) is 0 Å². The number of carboxylic acids is 1. The van der Waals surface area contributed by atoms with Gasteiger partial charge in [-0.25, -0.2) is 0 Å². The molecule has 2 aliphatic rings. The molecule has 4 rings (SSSR count). The van der Waals surface area contributed by atoms with E-state index >= 15 is 0 Å². The Labute approximate surface area is 208 Å². The summed E-state index contributed by atoms with van der Waals surface area (Å²) in [7, 11) is 0. The van der Waals surface area contributed by atoms with Crippen LogP contribution in [-0.2, 0) is 17.9 Å². The zero-order valence-electron chi connectivity index (χ0n) is 20.1. The lowest BCUT2D eigenvalue weighted by atomic mass is 9.88. The Kier molecular flexibility index (Phi) is 8.59. The number of carbonyl (C=O) groups is 1. The van der Waals surface area contributed by atoms with Crippen LogP contribution >= 0.6 is 0 Å². The van der Waals surface area contributed by atoms with Crippen LogP contribution < -0.4 is 4.74 Å². The Hall–Kier alpha value is -3.55. The number of likely N-dealkylation sites (tertiary alicyclic amines) is 1. The number of carboxylic acid groups (broad SMARTS) is 1. The van der Waals surface area contributed by atoms with E-state index in [0.717, 1.165) is 42.9 Å². The van der Waals surface area contributed by atoms with Crippen molar-refractivity contribution < 1.29 is 14.6 Å². The first kappa shape index (κ1) is 24.6. The fourth-order valence-corrected chi connectivity index (χ4v) is 4.70. The van der Waals surface area contributed by atoms with E-state index in [1.54, 1.807) is 0 Å². The second-order valence-corrected chi connectivity index (χ2v) is 9.27. The van der Waals surface area contributed by atoms with Gasteiger partial charge in [0.2, 0.25) is 0 Å². The number of piperidine rings is 1. The van der Waals surface area contributed by atoms with Gasteiger partial charge in [0.05, 0.1) is 12.3 Å². The van der Waals surface area contributed by atoms with Crippen LogP contribution in [0.3, 0.4) is 0 Å². The summed E-state index contributed by atoms with van der Waals surface area (Å²) in [6.45, 7) is 3.73. The lowest BCUT2D eigenvalue weighted by Crippen LogP contribution is -2.33. The van der Waals surface area contributed by atoms with Gasteiger partial charge in [-0.05, 0) is 72.7 Å². The Morgan fingerprint density at radius 2 is 1.77 bits per heavy atom. The average Bonchev–Trinajstić information content (AvgIpc) is 3.17. The van der Waals surface area contributed by atoms with Gasteiger partial charge in [-0.3, -0.25) is 9.69 Å². The van der Waals surface area contributed by atoms with Gasteiger partial charge in [0, 0.05) is 6.54 Å². The maximum absolute atomic E-state index is 11.0. The summed E-state index contributed by atoms with van der Waals surface area (Å²) in [4.78, 5) is 13.5. The zero-order valence-corrected chi connectivity index (χ0v) is 20.1. The van der Waals surface area contributed by atoms with Gasteiger partial charge in [0.15, 0.2) is 0 Å². The number of allylic oxidation sites excluding steroid dienone is 6. The van der Waals surface area contributed by atoms with Gasteiger partial charge in [-0.15, -0.1) is 6.42 Å². The summed E-state index contributed by atoms with van der Waals surface area (Å²) in [6, 6.07) is 16.0. The summed E-state index contributed by atoms with van der Waals surface area (Å²) >= 11 is 0. The molecule has 1 aliphatic heterocycles. The molecule has 1 aliphatic carbocycles. The van der Waals surface area contributed by atoms with Gasteiger partial charge in [-0.2, -0.15) is 0 Å². The Morgan fingerprint density at radius 3 is 2.46 bits per heavy atom. The van der Waals surface area contributed by atoms with E-state index in [1.165, 1.54) is 24.0 Å². The molecule has 1 heterocycles. The molecule has 1 atom stereocenters. The van der Waals surface area contributed by atoms with E-state index in [-0.39, 0.29) is 6.42 Å². The van der Waals surface area contributed by atoms with Crippen molar-refractivity contribution in [3.05, 3.63) is 101 Å². The van der Waals surface area contributed by atoms with Gasteiger partial charge in [0.25, 0.3) is 0 Å². The summed E-state index contributed by atoms with van der Waals surface area (Å²) in [5, 5.41) is 8.99. The van der Waals surface area contributed by atoms with Gasteiger partial charge in [-0.1, -0.05) is 72.7 Å². The van der Waals surface area contributed by atoms with Crippen molar-refractivity contribution >= 4 is 5.97 Å². The molecule has 0 bridgehead atoms. The summed E-state index contributed by atoms with van der Waals surface area (Å²) in [6.07, 6.45) is 20.1. The molecule has 2 aromatic carbocycles. The van der Waals surface area contributed by atoms with Gasteiger partial charge >= 0.3 is 5.97 Å². The van der Waals surface area contributed by atoms with Crippen LogP contribution in [0.5, 0.6) is 5.75 Å². The fraction of sp³-hybridized carbons (Fsp3) is 0.323. The predicted molar refractivity (Wildman–Crippen MR) is 140 cm³/mol. The maximum Gasteiger partial charge on any atom is 0.304 e. The van der Waals surface area contributed by atoms with Gasteiger partial charge in [0.1, 0.15) is 12.4 Å². The molecule has 1 saturated heterocycles. The molecule has 35 heavy (non-hydrogen) atoms. The standard InChI is InChI=1S/C31H33NO3/c1-2-26(21-31(33)34)28-13-15-30(16-14-28)35-23-25-11-9-24(10-12-25)22-32-19-17-29(18-20-32)27-7-5-3-4-6-8-27/h1,3,5-16,26,29H,4,17-23H2,(H,33,34)/t26-/m0/s1. The largest absolute Gasteiger partial charge is 0.489 e. The third-order valence-corrected chi connectivity index (χ3v) is 6.76. The number of nitrogens with zero attached hydrogens (tertiary/aromatic N) is 1. The minimum absolute atomic E-state index is 0.0753. The zero-order chi connectivity index (χ0) is 24.5. The van der Waals surface area contributed by atoms with E-state index in [2.05, 4.69) is 65.5 Å². The fourth-order valence-electron chi connectivity index (χ4n) is 4.70. The van der Waals surface area contributed by atoms with Crippen LogP contribution in [-0.4, -0.2) is 29.1 Å². The van der Waals surface area contributed by atoms with Crippen LogP contribution in [0.25, 0.3) is 0 Å². The second-order valence-electron chi connectivity index (χ2n) is 9.27. The highest BCUT2D eigenvalue weighted by Gasteiger charge is 2.21. The van der Waals surface area contributed by atoms with Crippen LogP contribution in [0.2, 0.25) is 0 Å². The molecule has 0 spiro atoms. The second kappa shape index (κ2) is 12.2. The lowest BCUT2D eigenvalue weighted by molar-refractivity contribution is -0.137. The van der Waals surface area contributed by atoms with Gasteiger partial charge < -0.3 is 9.84 Å². The first-order chi connectivity index (χ1) is 17.1. The third kappa shape index (κ3) is 7.21. The molecule has 0 amide bonds. The Bertz CT molecular complexity index is 1110. The molecule has 0 saturated carbocycles. The van der Waals surface area contributed by atoms with E-state index in [1.807, 2.05) is 24.3 Å². The highest BCUT2D eigenvalue weighted by molar-refractivity contribution is 5.68. The molecule has 4 heteroatoms. The quantitative estimate of drug-likeness (QED) is 0.452. The number of ether oxygens (including phenoxy) is 1. The highest BCUT2D eigenvalue weighted by Crippen LogP contribution is 2.28. The molecule has 0 unspecified atom stereocenters. The SMILES string of the molecule is C#C[C@@H](CC(=O)O)c1ccc(OCc2ccc(CN3CCC(C4=CC=CCC=C4)CC3)cc2)cc1. The molecule has 1 N–H and O–H groups in total. The number of terminal acetylenes is 1. The monoisotopic (exact) mass is 467 g/mol. The van der Waals surface area contributed by atoms with E-state index in [4.69, 9.17) is 16.3 Å². The minimum atomic E-state index is -0.899. The number of rotatable bonds is 9. The van der Waals surface area contributed by atoms with Crippen LogP contribution in [0.15, 0.2) is 84.5 Å². The van der Waals surface area contributed by atoms with E-state index in [9.17, 15) is 4.79 Å². The third-order valence-electron chi connectivity index (χ3n) is 6.76. The maximum atomic E-state index is 11.0. The minimum Gasteiger partial charge on any atom is -0.489 e. The van der Waals surface area contributed by atoms with Crippen molar-refractivity contribution in [2.24, 2.45) is 5.92 Å². The van der Waals surface area contributed by atoms with Crippen molar-refractivity contribution in [1.29, 1.82) is 0 Å². The van der Waals surface area contributed by atoms with E-state index in [0.29, 0.717) is 12.5 Å².